The highest BCUT2D eigenvalue weighted by molar-refractivity contribution is 6.05. The second-order valence-electron chi connectivity index (χ2n) is 3.92. The number of anilines is 1. The Bertz CT molecular complexity index is 627. The Labute approximate surface area is 110 Å². The average Bonchev–Trinajstić information content (AvgIpc) is 2.46. The van der Waals surface area contributed by atoms with E-state index < -0.39 is 0 Å². The zero-order valence-corrected chi connectivity index (χ0v) is 10.2. The fraction of sp³-hybridized carbons (Fsp3) is 0.0714. The summed E-state index contributed by atoms with van der Waals surface area (Å²) in [6.07, 6.45) is 1.37. The van der Waals surface area contributed by atoms with Crippen LogP contribution in [-0.4, -0.2) is 23.0 Å². The van der Waals surface area contributed by atoms with E-state index in [1.807, 2.05) is 6.07 Å². The number of hydrogen-bond donors (Lipinski definition) is 1. The van der Waals surface area contributed by atoms with Crippen molar-refractivity contribution in [3.05, 3.63) is 53.9 Å². The maximum Gasteiger partial charge on any atom is 0.259 e. The van der Waals surface area contributed by atoms with E-state index in [2.05, 4.69) is 4.98 Å². The number of pyridine rings is 1. The van der Waals surface area contributed by atoms with Crippen LogP contribution in [0.4, 0.5) is 5.69 Å². The number of rotatable bonds is 2. The van der Waals surface area contributed by atoms with E-state index in [0.717, 1.165) is 0 Å². The SMILES string of the molecule is CN(C(=O)c1ccc(C#N)nc1)c1ccc(O)cc1. The van der Waals surface area contributed by atoms with Crippen molar-refractivity contribution in [1.82, 2.24) is 4.98 Å². The molecule has 19 heavy (non-hydrogen) atoms. The Morgan fingerprint density at radius 1 is 1.26 bits per heavy atom. The van der Waals surface area contributed by atoms with Crippen LogP contribution in [-0.2, 0) is 0 Å². The standard InChI is InChI=1S/C14H11N3O2/c1-17(12-4-6-13(18)7-5-12)14(19)10-2-3-11(8-15)16-9-10/h2-7,9,18H,1H3. The molecule has 0 saturated heterocycles. The van der Waals surface area contributed by atoms with Gasteiger partial charge in [-0.2, -0.15) is 5.26 Å². The summed E-state index contributed by atoms with van der Waals surface area (Å²) in [6.45, 7) is 0. The largest absolute Gasteiger partial charge is 0.508 e. The second-order valence-corrected chi connectivity index (χ2v) is 3.92. The van der Waals surface area contributed by atoms with Crippen LogP contribution >= 0.6 is 0 Å². The summed E-state index contributed by atoms with van der Waals surface area (Å²) in [5.74, 6) is -0.0904. The van der Waals surface area contributed by atoms with E-state index in [4.69, 9.17) is 5.26 Å². The predicted octanol–water partition coefficient (Wildman–Crippen LogP) is 1.94. The molecule has 0 saturated carbocycles. The number of aromatic nitrogens is 1. The van der Waals surface area contributed by atoms with Gasteiger partial charge in [-0.15, -0.1) is 0 Å². The van der Waals surface area contributed by atoms with Crippen molar-refractivity contribution < 1.29 is 9.90 Å². The van der Waals surface area contributed by atoms with Crippen LogP contribution in [0.1, 0.15) is 16.1 Å². The number of phenolic OH excluding ortho intramolecular Hbond substituents is 1. The van der Waals surface area contributed by atoms with Gasteiger partial charge in [0.15, 0.2) is 0 Å². The van der Waals surface area contributed by atoms with Gasteiger partial charge in [0, 0.05) is 18.9 Å². The Morgan fingerprint density at radius 3 is 2.47 bits per heavy atom. The molecule has 94 valence electrons. The highest BCUT2D eigenvalue weighted by atomic mass is 16.3. The first-order valence-electron chi connectivity index (χ1n) is 5.55. The van der Waals surface area contributed by atoms with Crippen molar-refractivity contribution >= 4 is 11.6 Å². The summed E-state index contributed by atoms with van der Waals surface area (Å²) < 4.78 is 0. The Hall–Kier alpha value is -2.87. The molecule has 1 amide bonds. The molecular formula is C14H11N3O2. The maximum absolute atomic E-state index is 12.2. The molecule has 0 unspecified atom stereocenters. The lowest BCUT2D eigenvalue weighted by molar-refractivity contribution is 0.0992. The van der Waals surface area contributed by atoms with Crippen LogP contribution in [0.5, 0.6) is 5.75 Å². The quantitative estimate of drug-likeness (QED) is 0.887. The molecule has 0 aliphatic rings. The summed E-state index contributed by atoms with van der Waals surface area (Å²) in [6, 6.07) is 11.3. The zero-order valence-electron chi connectivity index (χ0n) is 10.2. The summed E-state index contributed by atoms with van der Waals surface area (Å²) in [5.41, 5.74) is 1.32. The van der Waals surface area contributed by atoms with Crippen LogP contribution in [0.3, 0.4) is 0 Å². The van der Waals surface area contributed by atoms with Crippen molar-refractivity contribution in [2.45, 2.75) is 0 Å². The van der Waals surface area contributed by atoms with Gasteiger partial charge in [-0.3, -0.25) is 4.79 Å². The Kier molecular flexibility index (Phi) is 3.44. The van der Waals surface area contributed by atoms with E-state index in [0.29, 0.717) is 11.3 Å². The zero-order chi connectivity index (χ0) is 13.8. The summed E-state index contributed by atoms with van der Waals surface area (Å²) in [5, 5.41) is 17.9. The number of phenols is 1. The van der Waals surface area contributed by atoms with Crippen LogP contribution in [0.25, 0.3) is 0 Å². The molecule has 2 rings (SSSR count). The van der Waals surface area contributed by atoms with Crippen molar-refractivity contribution in [3.8, 4) is 11.8 Å². The predicted molar refractivity (Wildman–Crippen MR) is 69.8 cm³/mol. The fourth-order valence-electron chi connectivity index (χ4n) is 1.57. The number of hydrogen-bond acceptors (Lipinski definition) is 4. The van der Waals surface area contributed by atoms with Gasteiger partial charge in [-0.25, -0.2) is 4.98 Å². The molecule has 5 heteroatoms. The van der Waals surface area contributed by atoms with Crippen LogP contribution in [0, 0.1) is 11.3 Å². The van der Waals surface area contributed by atoms with Gasteiger partial charge >= 0.3 is 0 Å². The van der Waals surface area contributed by atoms with Gasteiger partial charge in [0.25, 0.3) is 5.91 Å². The number of aromatic hydroxyl groups is 1. The third kappa shape index (κ3) is 2.69. The number of carbonyl (C=O) groups is 1. The molecule has 1 heterocycles. The molecule has 0 bridgehead atoms. The van der Waals surface area contributed by atoms with Gasteiger partial charge < -0.3 is 10.0 Å². The van der Waals surface area contributed by atoms with Gasteiger partial charge in [-0.05, 0) is 36.4 Å². The van der Waals surface area contributed by atoms with Crippen molar-refractivity contribution in [3.63, 3.8) is 0 Å². The molecule has 1 aromatic carbocycles. The Balaban J connectivity index is 2.23. The minimum atomic E-state index is -0.234. The molecule has 2 aromatic rings. The van der Waals surface area contributed by atoms with E-state index in [9.17, 15) is 9.90 Å². The van der Waals surface area contributed by atoms with Crippen molar-refractivity contribution in [2.24, 2.45) is 0 Å². The average molecular weight is 253 g/mol. The van der Waals surface area contributed by atoms with Crippen LogP contribution in [0.2, 0.25) is 0 Å². The van der Waals surface area contributed by atoms with E-state index >= 15 is 0 Å². The fourth-order valence-corrected chi connectivity index (χ4v) is 1.57. The summed E-state index contributed by atoms with van der Waals surface area (Å²) in [4.78, 5) is 17.5. The number of carbonyl (C=O) groups excluding carboxylic acids is 1. The van der Waals surface area contributed by atoms with Crippen molar-refractivity contribution in [2.75, 3.05) is 11.9 Å². The van der Waals surface area contributed by atoms with E-state index in [1.54, 1.807) is 25.2 Å². The van der Waals surface area contributed by atoms with Crippen molar-refractivity contribution in [1.29, 1.82) is 5.26 Å². The van der Waals surface area contributed by atoms with Gasteiger partial charge in [0.2, 0.25) is 0 Å². The van der Waals surface area contributed by atoms with Gasteiger partial charge in [-0.1, -0.05) is 0 Å². The first kappa shape index (κ1) is 12.6. The minimum absolute atomic E-state index is 0.143. The number of amides is 1. The second kappa shape index (κ2) is 5.19. The molecule has 1 aromatic heterocycles. The smallest absolute Gasteiger partial charge is 0.259 e. The first-order valence-corrected chi connectivity index (χ1v) is 5.55. The lowest BCUT2D eigenvalue weighted by Gasteiger charge is -2.17. The topological polar surface area (TPSA) is 77.2 Å². The third-order valence-corrected chi connectivity index (χ3v) is 2.67. The molecule has 1 N–H and O–H groups in total. The summed E-state index contributed by atoms with van der Waals surface area (Å²) in [7, 11) is 1.63. The number of nitrogens with zero attached hydrogens (tertiary/aromatic N) is 3. The van der Waals surface area contributed by atoms with E-state index in [1.165, 1.54) is 29.3 Å². The number of nitriles is 1. The first-order chi connectivity index (χ1) is 9.11. The normalized spacial score (nSPS) is 9.68. The molecule has 5 nitrogen and oxygen atoms in total. The molecule has 0 radical (unpaired) electrons. The Morgan fingerprint density at radius 2 is 1.95 bits per heavy atom. The molecule has 0 fully saturated rings. The lowest BCUT2D eigenvalue weighted by atomic mass is 10.2. The molecule has 0 spiro atoms. The lowest BCUT2D eigenvalue weighted by Crippen LogP contribution is -2.26. The molecule has 0 atom stereocenters. The molecule has 0 aliphatic carbocycles. The minimum Gasteiger partial charge on any atom is -0.508 e. The maximum atomic E-state index is 12.2. The van der Waals surface area contributed by atoms with Gasteiger partial charge in [0.05, 0.1) is 5.56 Å². The van der Waals surface area contributed by atoms with Gasteiger partial charge in [0.1, 0.15) is 17.5 Å². The molecule has 0 aliphatic heterocycles. The highest BCUT2D eigenvalue weighted by Gasteiger charge is 2.13. The van der Waals surface area contributed by atoms with Crippen LogP contribution in [0.15, 0.2) is 42.6 Å². The highest BCUT2D eigenvalue weighted by Crippen LogP contribution is 2.18. The monoisotopic (exact) mass is 253 g/mol. The van der Waals surface area contributed by atoms with Crippen LogP contribution < -0.4 is 4.90 Å². The van der Waals surface area contributed by atoms with E-state index in [-0.39, 0.29) is 17.4 Å². The summed E-state index contributed by atoms with van der Waals surface area (Å²) >= 11 is 0. The third-order valence-electron chi connectivity index (χ3n) is 2.67. The number of benzene rings is 1. The molecular weight excluding hydrogens is 242 g/mol.